The lowest BCUT2D eigenvalue weighted by Crippen LogP contribution is -2.46. The molecule has 8 nitrogen and oxygen atoms in total. The number of halogens is 4. The fourth-order valence-electron chi connectivity index (χ4n) is 4.49. The molecular weight excluding hydrogens is 557 g/mol. The number of amides is 3. The topological polar surface area (TPSA) is 124 Å². The first-order valence-corrected chi connectivity index (χ1v) is 13.6. The summed E-state index contributed by atoms with van der Waals surface area (Å²) in [5.41, 5.74) is 9.75. The van der Waals surface area contributed by atoms with Crippen LogP contribution in [0.15, 0.2) is 64.8 Å². The van der Waals surface area contributed by atoms with Gasteiger partial charge in [-0.25, -0.2) is 4.79 Å². The minimum atomic E-state index is -4.51. The summed E-state index contributed by atoms with van der Waals surface area (Å²) in [7, 11) is 1.56. The van der Waals surface area contributed by atoms with Crippen LogP contribution in [0.3, 0.4) is 0 Å². The summed E-state index contributed by atoms with van der Waals surface area (Å²) in [6, 6.07) is 12.7. The van der Waals surface area contributed by atoms with Gasteiger partial charge in [0.05, 0.1) is 18.7 Å². The molecule has 5 N–H and O–H groups in total. The standard InChI is InChI=1S/C29H34ClF3N6O2/c1-3-18-7-9-19(10-8-18)26(35)39(14-13-29(31,32)33)28(41)37-17-24(34)23-12-11-20(27(40)36-2)15-25(23)38-22-6-4-5-21(30)16-22/h4-10,16,20,35H,3,11-15,17,34H2,1-2H3,(H,36,40)(H,37,41)/b24-23-,35-26?,38-25?. The zero-order valence-corrected chi connectivity index (χ0v) is 23.7. The molecular formula is C29H34ClF3N6O2. The molecule has 220 valence electrons. The molecule has 0 heterocycles. The highest BCUT2D eigenvalue weighted by atomic mass is 35.5. The van der Waals surface area contributed by atoms with E-state index in [9.17, 15) is 22.8 Å². The Morgan fingerprint density at radius 3 is 2.51 bits per heavy atom. The number of nitrogens with one attached hydrogen (secondary N) is 3. The number of alkyl halides is 3. The fourth-order valence-corrected chi connectivity index (χ4v) is 4.68. The van der Waals surface area contributed by atoms with E-state index in [-0.39, 0.29) is 29.9 Å². The maximum absolute atomic E-state index is 13.1. The van der Waals surface area contributed by atoms with Crippen LogP contribution in [-0.2, 0) is 11.2 Å². The Kier molecular flexibility index (Phi) is 10.9. The maximum atomic E-state index is 13.1. The minimum absolute atomic E-state index is 0.125. The summed E-state index contributed by atoms with van der Waals surface area (Å²) in [4.78, 5) is 30.9. The van der Waals surface area contributed by atoms with Crippen molar-refractivity contribution < 1.29 is 22.8 Å². The van der Waals surface area contributed by atoms with Crippen LogP contribution in [0.5, 0.6) is 0 Å². The lowest BCUT2D eigenvalue weighted by atomic mass is 9.82. The Balaban J connectivity index is 1.84. The van der Waals surface area contributed by atoms with Gasteiger partial charge in [0.15, 0.2) is 0 Å². The predicted molar refractivity (Wildman–Crippen MR) is 155 cm³/mol. The summed E-state index contributed by atoms with van der Waals surface area (Å²) < 4.78 is 39.2. The molecule has 1 unspecified atom stereocenters. The van der Waals surface area contributed by atoms with Crippen molar-refractivity contribution >= 4 is 40.8 Å². The zero-order chi connectivity index (χ0) is 30.2. The van der Waals surface area contributed by atoms with Crippen molar-refractivity contribution in [2.45, 2.75) is 45.2 Å². The summed E-state index contributed by atoms with van der Waals surface area (Å²) in [6.07, 6.45) is -3.80. The van der Waals surface area contributed by atoms with Crippen LogP contribution >= 0.6 is 11.6 Å². The molecule has 41 heavy (non-hydrogen) atoms. The molecule has 2 aromatic carbocycles. The molecule has 1 aliphatic rings. The molecule has 1 saturated carbocycles. The first-order chi connectivity index (χ1) is 19.4. The number of aliphatic imine (C=N–C) groups is 1. The average Bonchev–Trinajstić information content (AvgIpc) is 2.94. The minimum Gasteiger partial charge on any atom is -0.400 e. The summed E-state index contributed by atoms with van der Waals surface area (Å²) in [5.74, 6) is -0.795. The fraction of sp³-hybridized carbons (Fsp3) is 0.379. The second kappa shape index (κ2) is 14.2. The largest absolute Gasteiger partial charge is 0.400 e. The molecule has 0 spiro atoms. The number of allylic oxidation sites excluding steroid dienone is 1. The van der Waals surface area contributed by atoms with Gasteiger partial charge in [-0.1, -0.05) is 48.9 Å². The van der Waals surface area contributed by atoms with E-state index < -0.39 is 25.2 Å². The van der Waals surface area contributed by atoms with Gasteiger partial charge in [-0.3, -0.25) is 20.1 Å². The van der Waals surface area contributed by atoms with E-state index in [4.69, 9.17) is 22.7 Å². The van der Waals surface area contributed by atoms with E-state index >= 15 is 0 Å². The van der Waals surface area contributed by atoms with Gasteiger partial charge in [0.25, 0.3) is 0 Å². The number of carbonyl (C=O) groups excluding carboxylic acids is 2. The predicted octanol–water partition coefficient (Wildman–Crippen LogP) is 5.72. The number of benzene rings is 2. The lowest BCUT2D eigenvalue weighted by Gasteiger charge is -2.27. The summed E-state index contributed by atoms with van der Waals surface area (Å²) in [5, 5.41) is 14.2. The molecule has 1 aliphatic carbocycles. The van der Waals surface area contributed by atoms with Crippen LogP contribution in [0.4, 0.5) is 23.7 Å². The number of carbonyl (C=O) groups is 2. The molecule has 3 amide bonds. The van der Waals surface area contributed by atoms with E-state index in [1.165, 1.54) is 0 Å². The van der Waals surface area contributed by atoms with Gasteiger partial charge >= 0.3 is 12.2 Å². The molecule has 0 aromatic heterocycles. The van der Waals surface area contributed by atoms with Crippen molar-refractivity contribution in [3.05, 3.63) is 76.0 Å². The first kappa shape index (κ1) is 31.7. The van der Waals surface area contributed by atoms with Crippen molar-refractivity contribution in [3.8, 4) is 0 Å². The van der Waals surface area contributed by atoms with Crippen LogP contribution in [0.25, 0.3) is 0 Å². The third-order valence-electron chi connectivity index (χ3n) is 6.81. The number of rotatable bonds is 8. The Morgan fingerprint density at radius 2 is 1.90 bits per heavy atom. The molecule has 1 fully saturated rings. The normalized spacial score (nSPS) is 17.6. The first-order valence-electron chi connectivity index (χ1n) is 13.2. The quantitative estimate of drug-likeness (QED) is 0.232. The van der Waals surface area contributed by atoms with E-state index in [0.29, 0.717) is 46.8 Å². The highest BCUT2D eigenvalue weighted by Crippen LogP contribution is 2.30. The Labute approximate surface area is 242 Å². The number of aryl methyl sites for hydroxylation is 1. The molecule has 0 bridgehead atoms. The molecule has 2 aromatic rings. The van der Waals surface area contributed by atoms with Gasteiger partial charge in [-0.2, -0.15) is 13.2 Å². The van der Waals surface area contributed by atoms with Crippen LogP contribution in [0, 0.1) is 11.3 Å². The van der Waals surface area contributed by atoms with Gasteiger partial charge in [-0.05, 0) is 48.6 Å². The zero-order valence-electron chi connectivity index (χ0n) is 22.9. The van der Waals surface area contributed by atoms with E-state index in [2.05, 4.69) is 15.6 Å². The molecule has 3 rings (SSSR count). The van der Waals surface area contributed by atoms with E-state index in [1.807, 2.05) is 6.92 Å². The average molecular weight is 591 g/mol. The van der Waals surface area contributed by atoms with Gasteiger partial charge in [0.1, 0.15) is 5.84 Å². The SMILES string of the molecule is CCc1ccc(C(=N)N(CCC(F)(F)F)C(=O)NC/C(N)=C2\CCC(C(=O)NC)CC2=Nc2cccc(Cl)c2)cc1. The lowest BCUT2D eigenvalue weighted by molar-refractivity contribution is -0.135. The van der Waals surface area contributed by atoms with Crippen molar-refractivity contribution in [2.75, 3.05) is 20.1 Å². The Hall–Kier alpha value is -3.86. The van der Waals surface area contributed by atoms with Crippen LogP contribution in [0.2, 0.25) is 5.02 Å². The van der Waals surface area contributed by atoms with Crippen LogP contribution in [-0.4, -0.2) is 54.7 Å². The Morgan fingerprint density at radius 1 is 1.20 bits per heavy atom. The van der Waals surface area contributed by atoms with Crippen LogP contribution < -0.4 is 16.4 Å². The monoisotopic (exact) mass is 590 g/mol. The highest BCUT2D eigenvalue weighted by Gasteiger charge is 2.32. The summed E-state index contributed by atoms with van der Waals surface area (Å²) >= 11 is 6.11. The van der Waals surface area contributed by atoms with Crippen molar-refractivity contribution in [2.24, 2.45) is 16.6 Å². The molecule has 12 heteroatoms. The smallest absolute Gasteiger partial charge is 0.390 e. The maximum Gasteiger partial charge on any atom is 0.390 e. The number of hydrogen-bond acceptors (Lipinski definition) is 5. The second-order valence-electron chi connectivity index (χ2n) is 9.67. The third kappa shape index (κ3) is 9.07. The third-order valence-corrected chi connectivity index (χ3v) is 7.04. The molecule has 1 atom stereocenters. The van der Waals surface area contributed by atoms with Crippen molar-refractivity contribution in [1.29, 1.82) is 5.41 Å². The van der Waals surface area contributed by atoms with Crippen LogP contribution in [0.1, 0.15) is 43.7 Å². The number of hydrogen-bond donors (Lipinski definition) is 4. The number of nitrogens with zero attached hydrogens (tertiary/aromatic N) is 2. The van der Waals surface area contributed by atoms with Gasteiger partial charge < -0.3 is 16.4 Å². The molecule has 0 aliphatic heterocycles. The number of urea groups is 1. The number of nitrogens with two attached hydrogens (primary N) is 1. The van der Waals surface area contributed by atoms with E-state index in [0.717, 1.165) is 16.9 Å². The van der Waals surface area contributed by atoms with Crippen molar-refractivity contribution in [1.82, 2.24) is 15.5 Å². The highest BCUT2D eigenvalue weighted by molar-refractivity contribution is 6.30. The second-order valence-corrected chi connectivity index (χ2v) is 10.1. The summed E-state index contributed by atoms with van der Waals surface area (Å²) in [6.45, 7) is 1.05. The Bertz CT molecular complexity index is 1320. The molecule has 0 saturated heterocycles. The van der Waals surface area contributed by atoms with E-state index in [1.54, 1.807) is 55.6 Å². The van der Waals surface area contributed by atoms with Gasteiger partial charge in [0, 0.05) is 47.9 Å². The van der Waals surface area contributed by atoms with Crippen molar-refractivity contribution in [3.63, 3.8) is 0 Å². The molecule has 0 radical (unpaired) electrons. The van der Waals surface area contributed by atoms with Gasteiger partial charge in [-0.15, -0.1) is 0 Å². The van der Waals surface area contributed by atoms with Gasteiger partial charge in [0.2, 0.25) is 5.91 Å². The number of amidine groups is 1.